The van der Waals surface area contributed by atoms with Crippen molar-refractivity contribution >= 4 is 17.5 Å². The third-order valence-electron chi connectivity index (χ3n) is 7.76. The minimum Gasteiger partial charge on any atom is -0.490 e. The highest BCUT2D eigenvalue weighted by Crippen LogP contribution is 2.29. The molecule has 4 atom stereocenters. The van der Waals surface area contributed by atoms with Crippen LogP contribution in [-0.2, 0) is 16.1 Å². The van der Waals surface area contributed by atoms with Crippen LogP contribution in [0, 0.1) is 5.92 Å². The van der Waals surface area contributed by atoms with Crippen molar-refractivity contribution in [1.82, 2.24) is 9.80 Å². The van der Waals surface area contributed by atoms with Gasteiger partial charge in [0.05, 0.1) is 36.8 Å². The molecular formula is C33H46F3N3O5. The predicted molar refractivity (Wildman–Crippen MR) is 164 cm³/mol. The number of hydrogen-bond donors (Lipinski definition) is 2. The number of fused-ring (bicyclic) bond motifs is 1. The third kappa shape index (κ3) is 11.4. The largest absolute Gasteiger partial charge is 0.490 e. The lowest BCUT2D eigenvalue weighted by Gasteiger charge is -2.36. The van der Waals surface area contributed by atoms with Gasteiger partial charge in [-0.15, -0.1) is 0 Å². The molecule has 0 unspecified atom stereocenters. The molecule has 2 aromatic rings. The van der Waals surface area contributed by atoms with E-state index in [9.17, 15) is 27.9 Å². The van der Waals surface area contributed by atoms with Crippen molar-refractivity contribution in [1.29, 1.82) is 0 Å². The average Bonchev–Trinajstić information content (AvgIpc) is 2.97. The molecule has 2 aromatic carbocycles. The molecule has 1 aliphatic rings. The molecule has 0 aromatic heterocycles. The number of nitrogens with zero attached hydrogens (tertiary/aromatic N) is 2. The number of benzene rings is 2. The van der Waals surface area contributed by atoms with E-state index in [0.717, 1.165) is 25.8 Å². The Morgan fingerprint density at radius 2 is 1.89 bits per heavy atom. The molecule has 0 aliphatic carbocycles. The van der Waals surface area contributed by atoms with Crippen molar-refractivity contribution in [3.63, 3.8) is 0 Å². The van der Waals surface area contributed by atoms with Crippen LogP contribution in [-0.4, -0.2) is 84.5 Å². The second kappa shape index (κ2) is 16.8. The van der Waals surface area contributed by atoms with Gasteiger partial charge in [-0.2, -0.15) is 13.2 Å². The smallest absolute Gasteiger partial charge is 0.389 e. The molecule has 244 valence electrons. The summed E-state index contributed by atoms with van der Waals surface area (Å²) in [6, 6.07) is 14.1. The topological polar surface area (TPSA) is 91.3 Å². The van der Waals surface area contributed by atoms with Crippen LogP contribution in [0.25, 0.3) is 0 Å². The lowest BCUT2D eigenvalue weighted by Crippen LogP contribution is -2.47. The molecule has 1 heterocycles. The van der Waals surface area contributed by atoms with Gasteiger partial charge in [0, 0.05) is 44.3 Å². The fourth-order valence-electron chi connectivity index (χ4n) is 5.21. The van der Waals surface area contributed by atoms with Gasteiger partial charge in [0.25, 0.3) is 5.91 Å². The molecule has 0 radical (unpaired) electrons. The first-order chi connectivity index (χ1) is 20.9. The predicted octanol–water partition coefficient (Wildman–Crippen LogP) is 5.90. The maximum atomic E-state index is 14.1. The summed E-state index contributed by atoms with van der Waals surface area (Å²) in [6.07, 6.45) is -4.44. The monoisotopic (exact) mass is 621 g/mol. The van der Waals surface area contributed by atoms with Crippen molar-refractivity contribution in [3.8, 4) is 5.75 Å². The van der Waals surface area contributed by atoms with E-state index >= 15 is 0 Å². The van der Waals surface area contributed by atoms with Gasteiger partial charge in [0.1, 0.15) is 5.75 Å². The maximum Gasteiger partial charge on any atom is 0.389 e. The summed E-state index contributed by atoms with van der Waals surface area (Å²) in [5.74, 6) is -1.02. The summed E-state index contributed by atoms with van der Waals surface area (Å²) < 4.78 is 50.5. The number of aliphatic hydroxyl groups is 1. The van der Waals surface area contributed by atoms with E-state index in [0.29, 0.717) is 18.9 Å². The Kier molecular flexibility index (Phi) is 13.5. The van der Waals surface area contributed by atoms with Crippen LogP contribution in [0.15, 0.2) is 48.5 Å². The van der Waals surface area contributed by atoms with E-state index in [1.165, 1.54) is 17.7 Å². The van der Waals surface area contributed by atoms with Gasteiger partial charge in [-0.05, 0) is 63.9 Å². The van der Waals surface area contributed by atoms with E-state index in [2.05, 4.69) is 22.3 Å². The zero-order valence-electron chi connectivity index (χ0n) is 26.1. The van der Waals surface area contributed by atoms with Crippen molar-refractivity contribution in [2.24, 2.45) is 5.92 Å². The van der Waals surface area contributed by atoms with Crippen LogP contribution in [0.4, 0.5) is 18.9 Å². The Morgan fingerprint density at radius 3 is 2.57 bits per heavy atom. The first-order valence-corrected chi connectivity index (χ1v) is 15.3. The Balaban J connectivity index is 1.89. The number of anilines is 1. The molecule has 0 fully saturated rings. The Hall–Kier alpha value is -3.15. The number of aliphatic hydroxyl groups excluding tert-OH is 1. The number of alkyl halides is 3. The summed E-state index contributed by atoms with van der Waals surface area (Å²) in [7, 11) is 2.04. The number of hydrogen-bond acceptors (Lipinski definition) is 6. The van der Waals surface area contributed by atoms with Gasteiger partial charge in [0.15, 0.2) is 0 Å². The van der Waals surface area contributed by atoms with Gasteiger partial charge in [-0.25, -0.2) is 0 Å². The van der Waals surface area contributed by atoms with Crippen molar-refractivity contribution < 1.29 is 37.3 Å². The number of carbonyl (C=O) groups excluding carboxylic acids is 2. The molecule has 3 rings (SSSR count). The highest BCUT2D eigenvalue weighted by Gasteiger charge is 2.31. The molecular weight excluding hydrogens is 575 g/mol. The summed E-state index contributed by atoms with van der Waals surface area (Å²) in [4.78, 5) is 30.2. The lowest BCUT2D eigenvalue weighted by molar-refractivity contribution is -0.142. The van der Waals surface area contributed by atoms with E-state index in [-0.39, 0.29) is 42.5 Å². The summed E-state index contributed by atoms with van der Waals surface area (Å²) in [6.45, 7) is 7.62. The second-order valence-corrected chi connectivity index (χ2v) is 11.9. The van der Waals surface area contributed by atoms with Crippen molar-refractivity contribution in [2.75, 3.05) is 38.7 Å². The molecule has 8 nitrogen and oxygen atoms in total. The second-order valence-electron chi connectivity index (χ2n) is 11.9. The van der Waals surface area contributed by atoms with Crippen LogP contribution in [0.5, 0.6) is 5.75 Å². The standard InChI is InChI=1S/C33H46F3N3O5/c1-23-19-39(24(2)22-40)32(42)28-18-27(37-31(41)15-16-33(34,35)36)13-14-29(28)44-25(3)10-8-9-17-43-30(23)21-38(4)20-26-11-6-5-7-12-26/h5-7,11-14,18,23-25,30,40H,8-10,15-17,19-22H2,1-4H3,(H,37,41)/t23-,24+,25-,30-/m1/s1. The minimum atomic E-state index is -4.45. The van der Waals surface area contributed by atoms with Gasteiger partial charge >= 0.3 is 6.18 Å². The Bertz CT molecular complexity index is 1200. The van der Waals surface area contributed by atoms with Crippen LogP contribution < -0.4 is 10.1 Å². The highest BCUT2D eigenvalue weighted by molar-refractivity contribution is 5.99. The molecule has 2 N–H and O–H groups in total. The molecule has 0 saturated carbocycles. The van der Waals surface area contributed by atoms with Gasteiger partial charge in [0.2, 0.25) is 5.91 Å². The zero-order chi connectivity index (χ0) is 32.3. The number of amides is 2. The molecule has 1 aliphatic heterocycles. The average molecular weight is 622 g/mol. The highest BCUT2D eigenvalue weighted by atomic mass is 19.4. The Labute approximate surface area is 258 Å². The van der Waals surface area contributed by atoms with Gasteiger partial charge < -0.3 is 24.8 Å². The van der Waals surface area contributed by atoms with Gasteiger partial charge in [-0.3, -0.25) is 14.5 Å². The minimum absolute atomic E-state index is 0.109. The van der Waals surface area contributed by atoms with E-state index in [4.69, 9.17) is 9.47 Å². The number of ether oxygens (including phenoxy) is 2. The summed E-state index contributed by atoms with van der Waals surface area (Å²) in [5, 5.41) is 12.6. The van der Waals surface area contributed by atoms with E-state index < -0.39 is 36.9 Å². The normalized spacial score (nSPS) is 21.2. The van der Waals surface area contributed by atoms with Gasteiger partial charge in [-0.1, -0.05) is 37.3 Å². The van der Waals surface area contributed by atoms with Crippen molar-refractivity contribution in [2.45, 2.75) is 83.8 Å². The fraction of sp³-hybridized carbons (Fsp3) is 0.576. The first kappa shape index (κ1) is 35.3. The SMILES string of the molecule is C[C@@H]1CCCCO[C@H](CN(C)Cc2ccccc2)[C@H](C)CN([C@@H](C)CO)C(=O)c2cc(NC(=O)CCC(F)(F)F)ccc2O1. The summed E-state index contributed by atoms with van der Waals surface area (Å²) >= 11 is 0. The quantitative estimate of drug-likeness (QED) is 0.363. The lowest BCUT2D eigenvalue weighted by atomic mass is 10.0. The van der Waals surface area contributed by atoms with Crippen LogP contribution in [0.1, 0.15) is 68.8 Å². The number of rotatable bonds is 9. The number of carbonyl (C=O) groups is 2. The number of nitrogens with one attached hydrogen (secondary N) is 1. The van der Waals surface area contributed by atoms with Crippen LogP contribution in [0.2, 0.25) is 0 Å². The van der Waals surface area contributed by atoms with Crippen LogP contribution >= 0.6 is 0 Å². The number of halogens is 3. The van der Waals surface area contributed by atoms with E-state index in [1.807, 2.05) is 39.1 Å². The zero-order valence-corrected chi connectivity index (χ0v) is 26.1. The van der Waals surface area contributed by atoms with Crippen molar-refractivity contribution in [3.05, 3.63) is 59.7 Å². The number of likely N-dealkylation sites (N-methyl/N-ethyl adjacent to an activating group) is 1. The molecule has 11 heteroatoms. The maximum absolute atomic E-state index is 14.1. The first-order valence-electron chi connectivity index (χ1n) is 15.3. The Morgan fingerprint density at radius 1 is 1.16 bits per heavy atom. The molecule has 0 bridgehead atoms. The summed E-state index contributed by atoms with van der Waals surface area (Å²) in [5.41, 5.74) is 1.53. The van der Waals surface area contributed by atoms with E-state index in [1.54, 1.807) is 17.9 Å². The molecule has 0 saturated heterocycles. The third-order valence-corrected chi connectivity index (χ3v) is 7.76. The fourth-order valence-corrected chi connectivity index (χ4v) is 5.21. The molecule has 0 spiro atoms. The molecule has 2 amide bonds. The van der Waals surface area contributed by atoms with Crippen LogP contribution in [0.3, 0.4) is 0 Å². The molecule has 44 heavy (non-hydrogen) atoms.